The van der Waals surface area contributed by atoms with Crippen LogP contribution in [-0.4, -0.2) is 30.1 Å². The Bertz CT molecular complexity index is 359. The molecule has 0 amide bonds. The number of Topliss-reactive ketones (excluding diaryl/α,β-unsaturated/α-hetero) is 1. The molecular weight excluding hydrogens is 194 g/mol. The minimum absolute atomic E-state index is 0.0259. The van der Waals surface area contributed by atoms with Crippen molar-refractivity contribution in [2.45, 2.75) is 19.4 Å². The molecule has 80 valence electrons. The van der Waals surface area contributed by atoms with Crippen molar-refractivity contribution in [1.82, 2.24) is 4.98 Å². The number of rotatable bonds is 3. The van der Waals surface area contributed by atoms with Crippen LogP contribution >= 0.6 is 0 Å². The maximum atomic E-state index is 11.3. The van der Waals surface area contributed by atoms with Gasteiger partial charge in [0.2, 0.25) is 5.88 Å². The molecule has 1 atom stereocenters. The van der Waals surface area contributed by atoms with Gasteiger partial charge >= 0.3 is 0 Å². The fourth-order valence-electron chi connectivity index (χ4n) is 1.52. The third kappa shape index (κ3) is 2.33. The van der Waals surface area contributed by atoms with Crippen LogP contribution in [0.25, 0.3) is 0 Å². The summed E-state index contributed by atoms with van der Waals surface area (Å²) < 4.78 is 10.8. The number of hydrogen-bond donors (Lipinski definition) is 0. The SMILES string of the molecule is CC(=O)c1cccnc1OC1CCOC1. The predicted octanol–water partition coefficient (Wildman–Crippen LogP) is 1.45. The van der Waals surface area contributed by atoms with Gasteiger partial charge < -0.3 is 9.47 Å². The Balaban J connectivity index is 2.15. The Morgan fingerprint density at radius 1 is 1.67 bits per heavy atom. The molecule has 15 heavy (non-hydrogen) atoms. The number of aromatic nitrogens is 1. The minimum Gasteiger partial charge on any atom is -0.471 e. The molecular formula is C11H13NO3. The van der Waals surface area contributed by atoms with Crippen molar-refractivity contribution in [2.24, 2.45) is 0 Å². The van der Waals surface area contributed by atoms with Gasteiger partial charge in [-0.3, -0.25) is 4.79 Å². The Hall–Kier alpha value is -1.42. The van der Waals surface area contributed by atoms with Gasteiger partial charge in [-0.25, -0.2) is 4.98 Å². The second-order valence-corrected chi connectivity index (χ2v) is 3.52. The van der Waals surface area contributed by atoms with Gasteiger partial charge in [0.15, 0.2) is 5.78 Å². The highest BCUT2D eigenvalue weighted by molar-refractivity contribution is 5.96. The fourth-order valence-corrected chi connectivity index (χ4v) is 1.52. The first-order valence-corrected chi connectivity index (χ1v) is 4.97. The average molecular weight is 207 g/mol. The van der Waals surface area contributed by atoms with E-state index in [1.807, 2.05) is 0 Å². The quantitative estimate of drug-likeness (QED) is 0.704. The summed E-state index contributed by atoms with van der Waals surface area (Å²) in [6.45, 7) is 2.80. The van der Waals surface area contributed by atoms with E-state index in [1.54, 1.807) is 18.3 Å². The molecule has 1 saturated heterocycles. The van der Waals surface area contributed by atoms with Crippen LogP contribution in [0.1, 0.15) is 23.7 Å². The van der Waals surface area contributed by atoms with E-state index in [0.29, 0.717) is 24.7 Å². The molecule has 1 aromatic heterocycles. The summed E-state index contributed by atoms with van der Waals surface area (Å²) in [4.78, 5) is 15.4. The Labute approximate surface area is 88.2 Å². The van der Waals surface area contributed by atoms with Gasteiger partial charge in [-0.15, -0.1) is 0 Å². The lowest BCUT2D eigenvalue weighted by Gasteiger charge is -2.12. The lowest BCUT2D eigenvalue weighted by atomic mass is 10.2. The van der Waals surface area contributed by atoms with Crippen molar-refractivity contribution in [3.8, 4) is 5.88 Å². The van der Waals surface area contributed by atoms with Gasteiger partial charge in [-0.1, -0.05) is 0 Å². The van der Waals surface area contributed by atoms with Gasteiger partial charge in [0, 0.05) is 12.6 Å². The van der Waals surface area contributed by atoms with Crippen LogP contribution in [-0.2, 0) is 4.74 Å². The Kier molecular flexibility index (Phi) is 2.97. The molecule has 4 heteroatoms. The van der Waals surface area contributed by atoms with E-state index in [9.17, 15) is 4.79 Å². The summed E-state index contributed by atoms with van der Waals surface area (Å²) in [5.74, 6) is 0.387. The molecule has 0 aromatic carbocycles. The van der Waals surface area contributed by atoms with Crippen molar-refractivity contribution in [2.75, 3.05) is 13.2 Å². The van der Waals surface area contributed by atoms with E-state index >= 15 is 0 Å². The lowest BCUT2D eigenvalue weighted by molar-refractivity contribution is 0.0999. The molecule has 1 fully saturated rings. The predicted molar refractivity (Wildman–Crippen MR) is 54.1 cm³/mol. The van der Waals surface area contributed by atoms with Gasteiger partial charge in [0.25, 0.3) is 0 Å². The number of ether oxygens (including phenoxy) is 2. The minimum atomic E-state index is -0.0305. The molecule has 0 radical (unpaired) electrons. The molecule has 1 aromatic rings. The molecule has 4 nitrogen and oxygen atoms in total. The molecule has 0 spiro atoms. The average Bonchev–Trinajstić information content (AvgIpc) is 2.71. The van der Waals surface area contributed by atoms with Crippen LogP contribution in [0.4, 0.5) is 0 Å². The molecule has 0 aliphatic carbocycles. The van der Waals surface area contributed by atoms with Gasteiger partial charge in [-0.2, -0.15) is 0 Å². The largest absolute Gasteiger partial charge is 0.471 e. The first-order chi connectivity index (χ1) is 7.27. The van der Waals surface area contributed by atoms with E-state index in [0.717, 1.165) is 6.42 Å². The lowest BCUT2D eigenvalue weighted by Crippen LogP contribution is -2.18. The van der Waals surface area contributed by atoms with E-state index < -0.39 is 0 Å². The van der Waals surface area contributed by atoms with Crippen LogP contribution < -0.4 is 4.74 Å². The number of carbonyl (C=O) groups excluding carboxylic acids is 1. The maximum Gasteiger partial charge on any atom is 0.224 e. The first kappa shape index (κ1) is 10.1. The van der Waals surface area contributed by atoms with Crippen molar-refractivity contribution >= 4 is 5.78 Å². The molecule has 2 heterocycles. The highest BCUT2D eigenvalue weighted by Crippen LogP contribution is 2.19. The first-order valence-electron chi connectivity index (χ1n) is 4.97. The van der Waals surface area contributed by atoms with Crippen molar-refractivity contribution in [3.05, 3.63) is 23.9 Å². The summed E-state index contributed by atoms with van der Waals surface area (Å²) in [6, 6.07) is 3.45. The maximum absolute atomic E-state index is 11.3. The van der Waals surface area contributed by atoms with Gasteiger partial charge in [-0.05, 0) is 19.1 Å². The number of carbonyl (C=O) groups is 1. The number of nitrogens with zero attached hydrogens (tertiary/aromatic N) is 1. The third-order valence-electron chi connectivity index (χ3n) is 2.32. The van der Waals surface area contributed by atoms with Crippen LogP contribution in [0.15, 0.2) is 18.3 Å². The molecule has 2 rings (SSSR count). The zero-order valence-electron chi connectivity index (χ0n) is 8.60. The molecule has 0 N–H and O–H groups in total. The number of ketones is 1. The van der Waals surface area contributed by atoms with E-state index in [4.69, 9.17) is 9.47 Å². The Morgan fingerprint density at radius 3 is 3.20 bits per heavy atom. The second kappa shape index (κ2) is 4.40. The topological polar surface area (TPSA) is 48.4 Å². The molecule has 1 unspecified atom stereocenters. The summed E-state index contributed by atoms with van der Waals surface area (Å²) in [5.41, 5.74) is 0.532. The zero-order chi connectivity index (χ0) is 10.7. The van der Waals surface area contributed by atoms with E-state index in [-0.39, 0.29) is 11.9 Å². The zero-order valence-corrected chi connectivity index (χ0v) is 8.60. The Morgan fingerprint density at radius 2 is 2.53 bits per heavy atom. The van der Waals surface area contributed by atoms with E-state index in [2.05, 4.69) is 4.98 Å². The van der Waals surface area contributed by atoms with Crippen molar-refractivity contribution in [1.29, 1.82) is 0 Å². The highest BCUT2D eigenvalue weighted by Gasteiger charge is 2.20. The summed E-state index contributed by atoms with van der Waals surface area (Å²) in [7, 11) is 0. The number of hydrogen-bond acceptors (Lipinski definition) is 4. The summed E-state index contributed by atoms with van der Waals surface area (Å²) >= 11 is 0. The van der Waals surface area contributed by atoms with Crippen molar-refractivity contribution in [3.63, 3.8) is 0 Å². The fraction of sp³-hybridized carbons (Fsp3) is 0.455. The highest BCUT2D eigenvalue weighted by atomic mass is 16.5. The van der Waals surface area contributed by atoms with Gasteiger partial charge in [0.05, 0.1) is 18.8 Å². The van der Waals surface area contributed by atoms with Crippen LogP contribution in [0, 0.1) is 0 Å². The normalized spacial score (nSPS) is 20.2. The second-order valence-electron chi connectivity index (χ2n) is 3.52. The van der Waals surface area contributed by atoms with Gasteiger partial charge in [0.1, 0.15) is 6.10 Å². The number of pyridine rings is 1. The smallest absolute Gasteiger partial charge is 0.224 e. The summed E-state index contributed by atoms with van der Waals surface area (Å²) in [5, 5.41) is 0. The van der Waals surface area contributed by atoms with Crippen LogP contribution in [0.3, 0.4) is 0 Å². The third-order valence-corrected chi connectivity index (χ3v) is 2.32. The van der Waals surface area contributed by atoms with Crippen LogP contribution in [0.5, 0.6) is 5.88 Å². The molecule has 0 bridgehead atoms. The summed E-state index contributed by atoms with van der Waals surface area (Å²) in [6.07, 6.45) is 2.50. The van der Waals surface area contributed by atoms with Crippen molar-refractivity contribution < 1.29 is 14.3 Å². The molecule has 1 aliphatic rings. The standard InChI is InChI=1S/C11H13NO3/c1-8(13)10-3-2-5-12-11(10)15-9-4-6-14-7-9/h2-3,5,9H,4,6-7H2,1H3. The van der Waals surface area contributed by atoms with Crippen LogP contribution in [0.2, 0.25) is 0 Å². The van der Waals surface area contributed by atoms with E-state index in [1.165, 1.54) is 6.92 Å². The molecule has 0 saturated carbocycles. The monoisotopic (exact) mass is 207 g/mol. The molecule has 1 aliphatic heterocycles.